The fraction of sp³-hybridized carbons (Fsp3) is 0.333. The van der Waals surface area contributed by atoms with E-state index < -0.39 is 41.2 Å². The zero-order valence-corrected chi connectivity index (χ0v) is 21.7. The summed E-state index contributed by atoms with van der Waals surface area (Å²) in [6.45, 7) is 0.657. The van der Waals surface area contributed by atoms with Crippen LogP contribution < -0.4 is 4.74 Å². The van der Waals surface area contributed by atoms with Crippen LogP contribution in [0, 0.1) is 17.6 Å². The Bertz CT molecular complexity index is 1330. The summed E-state index contributed by atoms with van der Waals surface area (Å²) in [5.74, 6) is -5.31. The summed E-state index contributed by atoms with van der Waals surface area (Å²) in [5, 5.41) is 0. The first-order chi connectivity index (χ1) is 19.5. The summed E-state index contributed by atoms with van der Waals surface area (Å²) >= 11 is 0. The maximum Gasteiger partial charge on any atom is 0.421 e. The van der Waals surface area contributed by atoms with Crippen LogP contribution in [0.15, 0.2) is 72.8 Å². The molecule has 2 saturated heterocycles. The van der Waals surface area contributed by atoms with Crippen molar-refractivity contribution in [1.82, 2.24) is 4.90 Å². The lowest BCUT2D eigenvalue weighted by atomic mass is 9.75. The van der Waals surface area contributed by atoms with E-state index in [9.17, 15) is 31.5 Å². The second kappa shape index (κ2) is 11.5. The SMILES string of the molecule is O=C1OC2(CC(C(c3ccc(F)cc3)c3ccc(F)cc3)CCN2CCCOc2cccc(C(F)(F)F)c2)OC1=O. The zero-order valence-electron chi connectivity index (χ0n) is 21.7. The average molecular weight is 576 g/mol. The van der Waals surface area contributed by atoms with Crippen molar-refractivity contribution >= 4 is 11.9 Å². The molecule has 2 aliphatic rings. The fourth-order valence-corrected chi connectivity index (χ4v) is 5.51. The van der Waals surface area contributed by atoms with Crippen LogP contribution in [-0.2, 0) is 25.2 Å². The molecular formula is C30H26F5NO5. The van der Waals surface area contributed by atoms with E-state index in [4.69, 9.17) is 14.2 Å². The Morgan fingerprint density at radius 1 is 0.902 bits per heavy atom. The van der Waals surface area contributed by atoms with Crippen LogP contribution in [0.5, 0.6) is 5.75 Å². The van der Waals surface area contributed by atoms with Crippen molar-refractivity contribution in [1.29, 1.82) is 0 Å². The van der Waals surface area contributed by atoms with Gasteiger partial charge in [-0.1, -0.05) is 30.3 Å². The number of carbonyl (C=O) groups is 2. The van der Waals surface area contributed by atoms with E-state index in [1.54, 1.807) is 29.2 Å². The van der Waals surface area contributed by atoms with E-state index in [-0.39, 0.29) is 37.2 Å². The molecule has 1 atom stereocenters. The van der Waals surface area contributed by atoms with Crippen LogP contribution >= 0.6 is 0 Å². The van der Waals surface area contributed by atoms with E-state index in [0.29, 0.717) is 19.4 Å². The van der Waals surface area contributed by atoms with Gasteiger partial charge >= 0.3 is 24.0 Å². The first-order valence-electron chi connectivity index (χ1n) is 13.1. The number of hydrogen-bond acceptors (Lipinski definition) is 6. The predicted molar refractivity (Wildman–Crippen MR) is 135 cm³/mol. The van der Waals surface area contributed by atoms with Gasteiger partial charge in [0.05, 0.1) is 12.2 Å². The highest BCUT2D eigenvalue weighted by Gasteiger charge is 2.56. The molecule has 6 nitrogen and oxygen atoms in total. The van der Waals surface area contributed by atoms with Gasteiger partial charge in [-0.05, 0) is 72.4 Å². The molecule has 1 spiro atoms. The van der Waals surface area contributed by atoms with Gasteiger partial charge in [-0.15, -0.1) is 0 Å². The van der Waals surface area contributed by atoms with Gasteiger partial charge in [0.1, 0.15) is 17.4 Å². The lowest BCUT2D eigenvalue weighted by Gasteiger charge is -2.45. The molecular weight excluding hydrogens is 549 g/mol. The van der Waals surface area contributed by atoms with E-state index in [1.165, 1.54) is 36.4 Å². The van der Waals surface area contributed by atoms with E-state index in [1.807, 2.05) is 0 Å². The summed E-state index contributed by atoms with van der Waals surface area (Å²) < 4.78 is 82.9. The van der Waals surface area contributed by atoms with E-state index >= 15 is 0 Å². The van der Waals surface area contributed by atoms with Crippen molar-refractivity contribution in [3.8, 4) is 5.75 Å². The molecule has 3 aromatic rings. The maximum atomic E-state index is 13.7. The molecule has 3 aromatic carbocycles. The smallest absolute Gasteiger partial charge is 0.421 e. The minimum atomic E-state index is -4.49. The highest BCUT2D eigenvalue weighted by atomic mass is 19.4. The predicted octanol–water partition coefficient (Wildman–Crippen LogP) is 6.05. The molecule has 0 radical (unpaired) electrons. The number of piperidine rings is 1. The molecule has 216 valence electrons. The second-order valence-electron chi connectivity index (χ2n) is 10.0. The highest BCUT2D eigenvalue weighted by Crippen LogP contribution is 2.46. The third kappa shape index (κ3) is 6.35. The lowest BCUT2D eigenvalue weighted by Crippen LogP contribution is -2.56. The maximum absolute atomic E-state index is 13.7. The van der Waals surface area contributed by atoms with Crippen molar-refractivity contribution in [3.05, 3.63) is 101 Å². The summed E-state index contributed by atoms with van der Waals surface area (Å²) in [4.78, 5) is 26.1. The van der Waals surface area contributed by atoms with Gasteiger partial charge in [-0.2, -0.15) is 13.2 Å². The number of hydrogen-bond donors (Lipinski definition) is 0. The minimum absolute atomic E-state index is 0.0625. The molecule has 41 heavy (non-hydrogen) atoms. The molecule has 0 amide bonds. The standard InChI is InChI=1S/C30H26F5NO5/c31-23-9-5-19(6-10-23)26(20-7-11-24(32)12-8-20)21-13-15-36(29(18-21)40-27(37)28(38)41-29)14-2-16-39-25-4-1-3-22(17-25)30(33,34)35/h1,3-12,17,21,26H,2,13-16,18H2. The van der Waals surface area contributed by atoms with Crippen LogP contribution in [0.4, 0.5) is 22.0 Å². The number of halogens is 5. The Labute approximate surface area is 232 Å². The highest BCUT2D eigenvalue weighted by molar-refractivity contribution is 6.31. The van der Waals surface area contributed by atoms with Gasteiger partial charge in [-0.25, -0.2) is 23.3 Å². The van der Waals surface area contributed by atoms with Crippen molar-refractivity contribution in [2.75, 3.05) is 19.7 Å². The van der Waals surface area contributed by atoms with Gasteiger partial charge in [-0.3, -0.25) is 0 Å². The lowest BCUT2D eigenvalue weighted by molar-refractivity contribution is -0.272. The molecule has 0 N–H and O–H groups in total. The van der Waals surface area contributed by atoms with Crippen LogP contribution in [0.2, 0.25) is 0 Å². The third-order valence-corrected chi connectivity index (χ3v) is 7.37. The summed E-state index contributed by atoms with van der Waals surface area (Å²) in [7, 11) is 0. The number of ether oxygens (including phenoxy) is 3. The normalized spacial score (nSPS) is 18.9. The first-order valence-corrected chi connectivity index (χ1v) is 13.1. The second-order valence-corrected chi connectivity index (χ2v) is 10.0. The number of esters is 2. The van der Waals surface area contributed by atoms with Crippen LogP contribution in [0.25, 0.3) is 0 Å². The molecule has 5 rings (SSSR count). The number of carbonyl (C=O) groups excluding carboxylic acids is 2. The van der Waals surface area contributed by atoms with Crippen LogP contribution in [0.3, 0.4) is 0 Å². The van der Waals surface area contributed by atoms with Gasteiger partial charge in [0.2, 0.25) is 0 Å². The Hall–Kier alpha value is -3.99. The molecule has 0 bridgehead atoms. The number of likely N-dealkylation sites (tertiary alicyclic amines) is 1. The number of benzene rings is 3. The largest absolute Gasteiger partial charge is 0.494 e. The molecule has 0 aliphatic carbocycles. The van der Waals surface area contributed by atoms with Crippen molar-refractivity contribution in [3.63, 3.8) is 0 Å². The van der Waals surface area contributed by atoms with Crippen molar-refractivity contribution in [2.45, 2.75) is 37.3 Å². The van der Waals surface area contributed by atoms with Gasteiger partial charge in [0.15, 0.2) is 0 Å². The summed E-state index contributed by atoms with van der Waals surface area (Å²) in [6, 6.07) is 16.4. The van der Waals surface area contributed by atoms with Crippen LogP contribution in [0.1, 0.15) is 41.9 Å². The topological polar surface area (TPSA) is 65.1 Å². The van der Waals surface area contributed by atoms with Crippen LogP contribution in [-0.4, -0.2) is 42.4 Å². The zero-order chi connectivity index (χ0) is 29.2. The molecule has 1 unspecified atom stereocenters. The fourth-order valence-electron chi connectivity index (χ4n) is 5.51. The Morgan fingerprint density at radius 3 is 2.05 bits per heavy atom. The summed E-state index contributed by atoms with van der Waals surface area (Å²) in [6.07, 6.45) is -3.51. The molecule has 2 aliphatic heterocycles. The first kappa shape index (κ1) is 28.5. The van der Waals surface area contributed by atoms with Gasteiger partial charge in [0.25, 0.3) is 0 Å². The molecule has 2 fully saturated rings. The van der Waals surface area contributed by atoms with E-state index in [0.717, 1.165) is 23.3 Å². The monoisotopic (exact) mass is 575 g/mol. The quantitative estimate of drug-likeness (QED) is 0.141. The van der Waals surface area contributed by atoms with Gasteiger partial charge in [0, 0.05) is 25.4 Å². The molecule has 0 saturated carbocycles. The van der Waals surface area contributed by atoms with E-state index in [2.05, 4.69) is 0 Å². The average Bonchev–Trinajstić information content (AvgIpc) is 3.22. The molecule has 11 heteroatoms. The van der Waals surface area contributed by atoms with Crippen molar-refractivity contribution in [2.24, 2.45) is 5.92 Å². The Morgan fingerprint density at radius 2 is 1.49 bits per heavy atom. The number of rotatable bonds is 8. The number of alkyl halides is 3. The Balaban J connectivity index is 1.33. The summed E-state index contributed by atoms with van der Waals surface area (Å²) in [5.41, 5.74) is 0.700. The third-order valence-electron chi connectivity index (χ3n) is 7.37. The minimum Gasteiger partial charge on any atom is -0.494 e. The molecule has 0 aromatic heterocycles. The molecule has 2 heterocycles. The number of nitrogens with zero attached hydrogens (tertiary/aromatic N) is 1. The Kier molecular flexibility index (Phi) is 7.99. The van der Waals surface area contributed by atoms with Crippen molar-refractivity contribution < 1.29 is 45.8 Å². The van der Waals surface area contributed by atoms with Gasteiger partial charge < -0.3 is 14.2 Å².